The number of nitrogens with zero attached hydrogens (tertiary/aromatic N) is 2. The van der Waals surface area contributed by atoms with Gasteiger partial charge in [0.25, 0.3) is 0 Å². The zero-order chi connectivity index (χ0) is 17.6. The number of aryl methyl sites for hydroxylation is 2. The molecule has 1 aliphatic carbocycles. The highest BCUT2D eigenvalue weighted by Gasteiger charge is 2.31. The third-order valence-electron chi connectivity index (χ3n) is 5.60. The lowest BCUT2D eigenvalue weighted by atomic mass is 9.88. The van der Waals surface area contributed by atoms with E-state index in [0.717, 1.165) is 16.6 Å². The van der Waals surface area contributed by atoms with Crippen LogP contribution in [0.3, 0.4) is 0 Å². The Balaban J connectivity index is 1.78. The van der Waals surface area contributed by atoms with Gasteiger partial charge in [-0.2, -0.15) is 0 Å². The fourth-order valence-corrected chi connectivity index (χ4v) is 4.39. The molecular formula is C23H26N2. The number of benzene rings is 2. The minimum Gasteiger partial charge on any atom is -0.236 e. The molecule has 0 radical (unpaired) electrons. The van der Waals surface area contributed by atoms with E-state index in [0.29, 0.717) is 11.3 Å². The van der Waals surface area contributed by atoms with Gasteiger partial charge in [0.2, 0.25) is 0 Å². The lowest BCUT2D eigenvalue weighted by molar-refractivity contribution is 0.376. The van der Waals surface area contributed by atoms with Gasteiger partial charge in [-0.25, -0.2) is 9.97 Å². The van der Waals surface area contributed by atoms with Crippen LogP contribution in [0.1, 0.15) is 55.7 Å². The second kappa shape index (κ2) is 5.94. The van der Waals surface area contributed by atoms with Crippen LogP contribution in [0.2, 0.25) is 0 Å². The third kappa shape index (κ3) is 3.18. The molecule has 128 valence electrons. The van der Waals surface area contributed by atoms with E-state index in [9.17, 15) is 0 Å². The van der Waals surface area contributed by atoms with E-state index in [2.05, 4.69) is 74.1 Å². The van der Waals surface area contributed by atoms with Gasteiger partial charge >= 0.3 is 0 Å². The zero-order valence-corrected chi connectivity index (χ0v) is 15.6. The molecule has 2 nitrogen and oxygen atoms in total. The Kier molecular flexibility index (Phi) is 3.87. The molecule has 1 saturated carbocycles. The fraction of sp³-hybridized carbons (Fsp3) is 0.391. The average Bonchev–Trinajstić information content (AvgIpc) is 2.93. The van der Waals surface area contributed by atoms with Crippen LogP contribution in [-0.4, -0.2) is 9.97 Å². The Morgan fingerprint density at radius 2 is 1.72 bits per heavy atom. The van der Waals surface area contributed by atoms with Crippen molar-refractivity contribution in [3.8, 4) is 11.3 Å². The summed E-state index contributed by atoms with van der Waals surface area (Å²) >= 11 is 0. The Morgan fingerprint density at radius 1 is 0.960 bits per heavy atom. The van der Waals surface area contributed by atoms with Gasteiger partial charge in [-0.3, -0.25) is 0 Å². The number of hydrogen-bond acceptors (Lipinski definition) is 2. The van der Waals surface area contributed by atoms with Gasteiger partial charge in [0.1, 0.15) is 6.33 Å². The summed E-state index contributed by atoms with van der Waals surface area (Å²) in [6.07, 6.45) is 5.58. The summed E-state index contributed by atoms with van der Waals surface area (Å²) in [6.45, 7) is 9.04. The predicted molar refractivity (Wildman–Crippen MR) is 105 cm³/mol. The lowest BCUT2D eigenvalue weighted by Crippen LogP contribution is -2.04. The molecule has 0 amide bonds. The van der Waals surface area contributed by atoms with Gasteiger partial charge in [0.05, 0.1) is 11.2 Å². The van der Waals surface area contributed by atoms with Gasteiger partial charge in [-0.15, -0.1) is 0 Å². The third-order valence-corrected chi connectivity index (χ3v) is 5.60. The molecule has 25 heavy (non-hydrogen) atoms. The largest absolute Gasteiger partial charge is 0.236 e. The van der Waals surface area contributed by atoms with E-state index < -0.39 is 0 Å². The van der Waals surface area contributed by atoms with Crippen molar-refractivity contribution in [2.24, 2.45) is 5.41 Å². The van der Waals surface area contributed by atoms with Crippen molar-refractivity contribution in [1.29, 1.82) is 0 Å². The summed E-state index contributed by atoms with van der Waals surface area (Å²) in [5.74, 6) is 0.666. The van der Waals surface area contributed by atoms with Crippen LogP contribution >= 0.6 is 0 Å². The molecule has 0 aliphatic heterocycles. The van der Waals surface area contributed by atoms with Crippen LogP contribution < -0.4 is 0 Å². The average molecular weight is 330 g/mol. The SMILES string of the molecule is Cc1cc(C)cc(-c2ncnc3cc(C4CCC(C)(C)C4)ccc23)c1. The van der Waals surface area contributed by atoms with Gasteiger partial charge in [-0.05, 0) is 68.2 Å². The van der Waals surface area contributed by atoms with Crippen molar-refractivity contribution >= 4 is 10.9 Å². The molecule has 0 N–H and O–H groups in total. The van der Waals surface area contributed by atoms with Crippen LogP contribution in [-0.2, 0) is 0 Å². The van der Waals surface area contributed by atoms with E-state index >= 15 is 0 Å². The summed E-state index contributed by atoms with van der Waals surface area (Å²) < 4.78 is 0. The number of hydrogen-bond donors (Lipinski definition) is 0. The predicted octanol–water partition coefficient (Wildman–Crippen LogP) is 6.21. The highest BCUT2D eigenvalue weighted by molar-refractivity contribution is 5.92. The molecule has 1 heterocycles. The van der Waals surface area contributed by atoms with Crippen LogP contribution in [0.4, 0.5) is 0 Å². The number of fused-ring (bicyclic) bond motifs is 1. The summed E-state index contributed by atoms with van der Waals surface area (Å²) in [4.78, 5) is 9.17. The maximum Gasteiger partial charge on any atom is 0.116 e. The van der Waals surface area contributed by atoms with Crippen LogP contribution in [0, 0.1) is 19.3 Å². The van der Waals surface area contributed by atoms with E-state index in [1.807, 2.05) is 0 Å². The fourth-order valence-electron chi connectivity index (χ4n) is 4.39. The molecule has 1 unspecified atom stereocenters. The van der Waals surface area contributed by atoms with Gasteiger partial charge in [0, 0.05) is 10.9 Å². The number of rotatable bonds is 2. The molecule has 1 atom stereocenters. The summed E-state index contributed by atoms with van der Waals surface area (Å²) in [5, 5.41) is 1.15. The van der Waals surface area contributed by atoms with Gasteiger partial charge in [0.15, 0.2) is 0 Å². The number of aromatic nitrogens is 2. The maximum absolute atomic E-state index is 4.60. The van der Waals surface area contributed by atoms with Crippen molar-refractivity contribution in [3.63, 3.8) is 0 Å². The molecule has 2 heteroatoms. The van der Waals surface area contributed by atoms with E-state index in [-0.39, 0.29) is 0 Å². The molecule has 0 saturated heterocycles. The Labute approximate surface area is 150 Å². The minimum absolute atomic E-state index is 0.468. The molecule has 3 aromatic rings. The topological polar surface area (TPSA) is 25.8 Å². The van der Waals surface area contributed by atoms with Crippen molar-refractivity contribution in [1.82, 2.24) is 9.97 Å². The maximum atomic E-state index is 4.60. The zero-order valence-electron chi connectivity index (χ0n) is 15.6. The highest BCUT2D eigenvalue weighted by atomic mass is 14.8. The molecule has 0 spiro atoms. The van der Waals surface area contributed by atoms with Crippen molar-refractivity contribution in [2.45, 2.75) is 52.9 Å². The van der Waals surface area contributed by atoms with Crippen molar-refractivity contribution in [3.05, 3.63) is 59.4 Å². The first-order chi connectivity index (χ1) is 11.9. The van der Waals surface area contributed by atoms with Crippen molar-refractivity contribution < 1.29 is 0 Å². The second-order valence-corrected chi connectivity index (χ2v) is 8.48. The first kappa shape index (κ1) is 16.3. The lowest BCUT2D eigenvalue weighted by Gasteiger charge is -2.17. The summed E-state index contributed by atoms with van der Waals surface area (Å²) in [7, 11) is 0. The molecule has 1 aliphatic rings. The standard InChI is InChI=1S/C23H26N2/c1-15-9-16(2)11-19(10-15)22-20-6-5-17(12-21(20)24-14-25-22)18-7-8-23(3,4)13-18/h5-6,9-12,14,18H,7-8,13H2,1-4H3. The molecule has 0 bridgehead atoms. The minimum atomic E-state index is 0.468. The Morgan fingerprint density at radius 3 is 2.40 bits per heavy atom. The normalized spacial score (nSPS) is 19.4. The molecule has 1 aromatic heterocycles. The summed E-state index contributed by atoms with van der Waals surface area (Å²) in [5.41, 5.74) is 7.72. The first-order valence-corrected chi connectivity index (χ1v) is 9.25. The molecule has 1 fully saturated rings. The molecule has 4 rings (SSSR count). The van der Waals surface area contributed by atoms with E-state index in [1.54, 1.807) is 6.33 Å². The molecule has 2 aromatic carbocycles. The van der Waals surface area contributed by atoms with E-state index in [1.165, 1.54) is 41.5 Å². The van der Waals surface area contributed by atoms with E-state index in [4.69, 9.17) is 0 Å². The van der Waals surface area contributed by atoms with Crippen LogP contribution in [0.15, 0.2) is 42.7 Å². The van der Waals surface area contributed by atoms with Gasteiger partial charge in [-0.1, -0.05) is 43.2 Å². The highest BCUT2D eigenvalue weighted by Crippen LogP contribution is 2.46. The quantitative estimate of drug-likeness (QED) is 0.558. The smallest absolute Gasteiger partial charge is 0.116 e. The van der Waals surface area contributed by atoms with Crippen molar-refractivity contribution in [2.75, 3.05) is 0 Å². The Bertz CT molecular complexity index is 920. The first-order valence-electron chi connectivity index (χ1n) is 9.25. The monoisotopic (exact) mass is 330 g/mol. The van der Waals surface area contributed by atoms with Gasteiger partial charge < -0.3 is 0 Å². The second-order valence-electron chi connectivity index (χ2n) is 8.48. The van der Waals surface area contributed by atoms with Crippen LogP contribution in [0.5, 0.6) is 0 Å². The Hall–Kier alpha value is -2.22. The van der Waals surface area contributed by atoms with Crippen LogP contribution in [0.25, 0.3) is 22.2 Å². The summed E-state index contributed by atoms with van der Waals surface area (Å²) in [6, 6.07) is 13.4. The molecular weight excluding hydrogens is 304 g/mol.